The number of aryl methyl sites for hydroxylation is 1. The Hall–Kier alpha value is -2.94. The van der Waals surface area contributed by atoms with Crippen molar-refractivity contribution in [3.8, 4) is 11.6 Å². The Bertz CT molecular complexity index is 1320. The van der Waals surface area contributed by atoms with Crippen molar-refractivity contribution in [2.24, 2.45) is 13.0 Å². The van der Waals surface area contributed by atoms with E-state index >= 15 is 0 Å². The number of imidazole rings is 1. The van der Waals surface area contributed by atoms with Crippen LogP contribution in [0, 0.1) is 5.92 Å². The van der Waals surface area contributed by atoms with Crippen LogP contribution in [0.2, 0.25) is 10.0 Å². The smallest absolute Gasteiger partial charge is 0.330 e. The fourth-order valence-corrected chi connectivity index (χ4v) is 5.73. The van der Waals surface area contributed by atoms with Gasteiger partial charge in [0.1, 0.15) is 12.4 Å². The van der Waals surface area contributed by atoms with E-state index in [4.69, 9.17) is 27.9 Å². The zero-order valence-electron chi connectivity index (χ0n) is 22.1. The van der Waals surface area contributed by atoms with Crippen LogP contribution in [0.4, 0.5) is 0 Å². The average molecular weight is 577 g/mol. The summed E-state index contributed by atoms with van der Waals surface area (Å²) in [4.78, 5) is 26.2. The van der Waals surface area contributed by atoms with E-state index in [2.05, 4.69) is 4.90 Å². The molecule has 1 aliphatic rings. The summed E-state index contributed by atoms with van der Waals surface area (Å²) in [5.74, 6) is 0.0110. The van der Waals surface area contributed by atoms with E-state index in [0.29, 0.717) is 28.3 Å². The van der Waals surface area contributed by atoms with Gasteiger partial charge in [-0.25, -0.2) is 4.79 Å². The lowest BCUT2D eigenvalue weighted by molar-refractivity contribution is -0.138. The Kier molecular flexibility index (Phi) is 9.99. The summed E-state index contributed by atoms with van der Waals surface area (Å²) >= 11 is 12.7. The van der Waals surface area contributed by atoms with E-state index in [1.165, 1.54) is 34.6 Å². The maximum Gasteiger partial charge on any atom is 0.330 e. The predicted octanol–water partition coefficient (Wildman–Crippen LogP) is 5.88. The highest BCUT2D eigenvalue weighted by molar-refractivity contribution is 6.32. The molecule has 2 aromatic carbocycles. The van der Waals surface area contributed by atoms with Gasteiger partial charge < -0.3 is 14.9 Å². The number of halogens is 2. The summed E-state index contributed by atoms with van der Waals surface area (Å²) in [6.07, 6.45) is 7.28. The Balaban J connectivity index is 1.51. The monoisotopic (exact) mass is 575 g/mol. The van der Waals surface area contributed by atoms with Crippen molar-refractivity contribution in [3.63, 3.8) is 0 Å². The summed E-state index contributed by atoms with van der Waals surface area (Å²) < 4.78 is 8.34. The number of nitrogens with zero attached hydrogens (tertiary/aromatic N) is 3. The first-order chi connectivity index (χ1) is 18.7. The molecule has 3 aromatic rings. The Morgan fingerprint density at radius 1 is 1.13 bits per heavy atom. The topological polar surface area (TPSA) is 96.9 Å². The van der Waals surface area contributed by atoms with Gasteiger partial charge in [0, 0.05) is 31.2 Å². The number of aliphatic carboxylic acids is 1. The number of benzene rings is 2. The highest BCUT2D eigenvalue weighted by Gasteiger charge is 2.27. The standard InChI is InChI=1S/C29H35Cl2N3O5/c1-32-19-27(35)34(29(32)38)13-14-39-26-12-7-21(15-24(26)31)18-33(17-20-5-3-2-4-6-20)25(16-28(36)37)22-8-10-23(30)11-9-22/h7-12,15,19-20,25,35H,2-6,13-14,16-18H2,1H3,(H,36,37). The highest BCUT2D eigenvalue weighted by atomic mass is 35.5. The summed E-state index contributed by atoms with van der Waals surface area (Å²) in [5, 5.41) is 20.7. The molecule has 1 heterocycles. The normalized spacial score (nSPS) is 15.0. The molecule has 0 amide bonds. The van der Waals surface area contributed by atoms with Crippen LogP contribution in [-0.2, 0) is 24.9 Å². The highest BCUT2D eigenvalue weighted by Crippen LogP contribution is 2.33. The number of carbonyl (C=O) groups is 1. The van der Waals surface area contributed by atoms with Gasteiger partial charge in [-0.05, 0) is 54.2 Å². The minimum Gasteiger partial charge on any atom is -0.493 e. The van der Waals surface area contributed by atoms with Gasteiger partial charge in [0.15, 0.2) is 0 Å². The molecular formula is C29H35Cl2N3O5. The number of aromatic hydroxyl groups is 1. The molecular weight excluding hydrogens is 541 g/mol. The van der Waals surface area contributed by atoms with Crippen LogP contribution in [0.5, 0.6) is 11.6 Å². The summed E-state index contributed by atoms with van der Waals surface area (Å²) in [5.41, 5.74) is 1.54. The van der Waals surface area contributed by atoms with Crippen molar-refractivity contribution in [2.75, 3.05) is 13.2 Å². The molecule has 4 rings (SSSR count). The van der Waals surface area contributed by atoms with Crippen molar-refractivity contribution < 1.29 is 19.7 Å². The molecule has 2 N–H and O–H groups in total. The number of carboxylic acid groups (broad SMARTS) is 1. The third-order valence-electron chi connectivity index (χ3n) is 7.35. The molecule has 0 bridgehead atoms. The van der Waals surface area contributed by atoms with Gasteiger partial charge in [-0.1, -0.05) is 60.7 Å². The molecule has 1 aliphatic carbocycles. The van der Waals surface area contributed by atoms with Gasteiger partial charge >= 0.3 is 11.7 Å². The molecule has 0 saturated heterocycles. The fourth-order valence-electron chi connectivity index (χ4n) is 5.35. The average Bonchev–Trinajstić information content (AvgIpc) is 3.15. The van der Waals surface area contributed by atoms with Crippen molar-refractivity contribution in [2.45, 2.75) is 57.7 Å². The van der Waals surface area contributed by atoms with Crippen LogP contribution in [-0.4, -0.2) is 43.4 Å². The molecule has 1 aromatic heterocycles. The Labute approximate surface area is 238 Å². The summed E-state index contributed by atoms with van der Waals surface area (Å²) in [6, 6.07) is 12.7. The second-order valence-electron chi connectivity index (χ2n) is 10.2. The largest absolute Gasteiger partial charge is 0.493 e. The molecule has 1 atom stereocenters. The van der Waals surface area contributed by atoms with Crippen LogP contribution in [0.1, 0.15) is 55.7 Å². The van der Waals surface area contributed by atoms with E-state index in [-0.39, 0.29) is 37.2 Å². The summed E-state index contributed by atoms with van der Waals surface area (Å²) in [7, 11) is 1.57. The molecule has 1 unspecified atom stereocenters. The van der Waals surface area contributed by atoms with Gasteiger partial charge in [0.2, 0.25) is 5.88 Å². The first-order valence-electron chi connectivity index (χ1n) is 13.3. The third-order valence-corrected chi connectivity index (χ3v) is 7.90. The second-order valence-corrected chi connectivity index (χ2v) is 11.1. The van der Waals surface area contributed by atoms with Gasteiger partial charge in [-0.2, -0.15) is 0 Å². The molecule has 39 heavy (non-hydrogen) atoms. The van der Waals surface area contributed by atoms with Crippen LogP contribution < -0.4 is 10.4 Å². The Morgan fingerprint density at radius 2 is 1.85 bits per heavy atom. The maximum absolute atomic E-state index is 12.1. The molecule has 10 heteroatoms. The molecule has 8 nitrogen and oxygen atoms in total. The first kappa shape index (κ1) is 29.1. The lowest BCUT2D eigenvalue weighted by atomic mass is 9.88. The number of hydrogen-bond acceptors (Lipinski definition) is 5. The van der Waals surface area contributed by atoms with Crippen LogP contribution in [0.3, 0.4) is 0 Å². The van der Waals surface area contributed by atoms with Gasteiger partial charge in [0.05, 0.1) is 24.2 Å². The number of hydrogen-bond donors (Lipinski definition) is 2. The number of rotatable bonds is 12. The van der Waals surface area contributed by atoms with Crippen LogP contribution >= 0.6 is 23.2 Å². The Morgan fingerprint density at radius 3 is 2.46 bits per heavy atom. The molecule has 0 aliphatic heterocycles. The minimum absolute atomic E-state index is 0.0189. The zero-order valence-corrected chi connectivity index (χ0v) is 23.6. The molecule has 210 valence electrons. The van der Waals surface area contributed by atoms with Gasteiger partial charge in [0.25, 0.3) is 0 Å². The van der Waals surface area contributed by atoms with Crippen molar-refractivity contribution in [1.82, 2.24) is 14.0 Å². The van der Waals surface area contributed by atoms with E-state index in [9.17, 15) is 19.8 Å². The maximum atomic E-state index is 12.1. The van der Waals surface area contributed by atoms with E-state index < -0.39 is 5.97 Å². The van der Waals surface area contributed by atoms with Crippen molar-refractivity contribution >= 4 is 29.2 Å². The van der Waals surface area contributed by atoms with E-state index in [1.54, 1.807) is 25.2 Å². The lowest BCUT2D eigenvalue weighted by Gasteiger charge is -2.35. The van der Waals surface area contributed by atoms with E-state index in [0.717, 1.165) is 30.5 Å². The number of aromatic nitrogens is 2. The predicted molar refractivity (Wildman–Crippen MR) is 152 cm³/mol. The molecule has 0 spiro atoms. The molecule has 1 fully saturated rings. The third kappa shape index (κ3) is 7.81. The summed E-state index contributed by atoms with van der Waals surface area (Å²) in [6.45, 7) is 1.66. The van der Waals surface area contributed by atoms with Crippen molar-refractivity contribution in [3.05, 3.63) is 80.3 Å². The number of ether oxygens (including phenoxy) is 1. The zero-order chi connectivity index (χ0) is 27.9. The van der Waals surface area contributed by atoms with Gasteiger partial charge in [-0.3, -0.25) is 18.8 Å². The van der Waals surface area contributed by atoms with E-state index in [1.807, 2.05) is 24.3 Å². The van der Waals surface area contributed by atoms with Crippen LogP contribution in [0.15, 0.2) is 53.5 Å². The van der Waals surface area contributed by atoms with Gasteiger partial charge in [-0.15, -0.1) is 0 Å². The quantitative estimate of drug-likeness (QED) is 0.280. The SMILES string of the molecule is Cn1cc(O)n(CCOc2ccc(CN(CC3CCCCC3)C(CC(=O)O)c3ccc(Cl)cc3)cc2Cl)c1=O. The van der Waals surface area contributed by atoms with Crippen LogP contribution in [0.25, 0.3) is 0 Å². The number of carboxylic acids is 1. The molecule has 0 radical (unpaired) electrons. The molecule has 1 saturated carbocycles. The second kappa shape index (κ2) is 13.4. The van der Waals surface area contributed by atoms with Crippen molar-refractivity contribution in [1.29, 1.82) is 0 Å². The minimum atomic E-state index is -0.853. The fraction of sp³-hybridized carbons (Fsp3) is 0.448. The first-order valence-corrected chi connectivity index (χ1v) is 14.0. The lowest BCUT2D eigenvalue weighted by Crippen LogP contribution is -2.35.